The third kappa shape index (κ3) is 3.33. The molecule has 0 aliphatic rings. The van der Waals surface area contributed by atoms with Gasteiger partial charge in [-0.25, -0.2) is 14.2 Å². The molecule has 0 unspecified atom stereocenters. The zero-order valence-electron chi connectivity index (χ0n) is 9.32. The van der Waals surface area contributed by atoms with E-state index in [1.54, 1.807) is 0 Å². The van der Waals surface area contributed by atoms with Crippen LogP contribution in [0.2, 0.25) is 10.2 Å². The molecule has 0 radical (unpaired) electrons. The molecule has 2 aromatic rings. The molecule has 1 aromatic heterocycles. The van der Waals surface area contributed by atoms with E-state index in [4.69, 9.17) is 28.3 Å². The van der Waals surface area contributed by atoms with E-state index in [2.05, 4.69) is 10.3 Å². The van der Waals surface area contributed by atoms with Gasteiger partial charge >= 0.3 is 5.97 Å². The number of pyridine rings is 1. The minimum Gasteiger partial charge on any atom is -0.478 e. The molecule has 7 heteroatoms. The number of nitrogens with zero attached hydrogens (tertiary/aromatic N) is 1. The molecule has 0 aliphatic heterocycles. The minimum atomic E-state index is -1.15. The zero-order valence-corrected chi connectivity index (χ0v) is 10.8. The predicted molar refractivity (Wildman–Crippen MR) is 70.9 cm³/mol. The number of nitrogens with one attached hydrogen (secondary N) is 1. The molecule has 0 amide bonds. The molecule has 1 heterocycles. The third-order valence-electron chi connectivity index (χ3n) is 2.23. The van der Waals surface area contributed by atoms with Gasteiger partial charge in [0.05, 0.1) is 11.3 Å². The standard InChI is InChI=1S/C12H7Cl2FN2O2/c13-7-1-2-9(8(15)5-7)16-11-4-6(12(18)19)3-10(14)17-11/h1-5H,(H,16,17)(H,18,19). The molecule has 0 saturated carbocycles. The Morgan fingerprint density at radius 1 is 1.26 bits per heavy atom. The maximum absolute atomic E-state index is 13.6. The lowest BCUT2D eigenvalue weighted by Gasteiger charge is -2.08. The fraction of sp³-hybridized carbons (Fsp3) is 0. The van der Waals surface area contributed by atoms with E-state index in [1.165, 1.54) is 24.3 Å². The summed E-state index contributed by atoms with van der Waals surface area (Å²) in [5.41, 5.74) is 0.0763. The molecule has 0 fully saturated rings. The number of halogens is 3. The van der Waals surface area contributed by atoms with Gasteiger partial charge in [0.25, 0.3) is 0 Å². The van der Waals surface area contributed by atoms with Crippen LogP contribution in [0.15, 0.2) is 30.3 Å². The maximum Gasteiger partial charge on any atom is 0.335 e. The van der Waals surface area contributed by atoms with Crippen molar-refractivity contribution in [2.75, 3.05) is 5.32 Å². The Bertz CT molecular complexity index is 650. The van der Waals surface area contributed by atoms with Gasteiger partial charge in [-0.2, -0.15) is 0 Å². The Balaban J connectivity index is 2.35. The summed E-state index contributed by atoms with van der Waals surface area (Å²) in [6.07, 6.45) is 0. The summed E-state index contributed by atoms with van der Waals surface area (Å²) in [4.78, 5) is 14.7. The fourth-order valence-corrected chi connectivity index (χ4v) is 1.78. The van der Waals surface area contributed by atoms with Crippen molar-refractivity contribution in [3.63, 3.8) is 0 Å². The van der Waals surface area contributed by atoms with Gasteiger partial charge in [-0.3, -0.25) is 0 Å². The molecule has 2 N–H and O–H groups in total. The van der Waals surface area contributed by atoms with Gasteiger partial charge in [0.15, 0.2) is 0 Å². The summed E-state index contributed by atoms with van der Waals surface area (Å²) in [5, 5.41) is 11.8. The number of hydrogen-bond acceptors (Lipinski definition) is 3. The largest absolute Gasteiger partial charge is 0.478 e. The first kappa shape index (κ1) is 13.6. The summed E-state index contributed by atoms with van der Waals surface area (Å²) in [6.45, 7) is 0. The van der Waals surface area contributed by atoms with Gasteiger partial charge in [-0.05, 0) is 30.3 Å². The smallest absolute Gasteiger partial charge is 0.335 e. The van der Waals surface area contributed by atoms with E-state index in [1.807, 2.05) is 0 Å². The zero-order chi connectivity index (χ0) is 14.0. The molecule has 0 bridgehead atoms. The van der Waals surface area contributed by atoms with Crippen molar-refractivity contribution < 1.29 is 14.3 Å². The van der Waals surface area contributed by atoms with Crippen molar-refractivity contribution in [3.05, 3.63) is 51.9 Å². The molecule has 0 aliphatic carbocycles. The number of aromatic carboxylic acids is 1. The summed E-state index contributed by atoms with van der Waals surface area (Å²) in [7, 11) is 0. The highest BCUT2D eigenvalue weighted by Gasteiger charge is 2.09. The molecular formula is C12H7Cl2FN2O2. The van der Waals surface area contributed by atoms with Crippen LogP contribution < -0.4 is 5.32 Å². The molecular weight excluding hydrogens is 294 g/mol. The van der Waals surface area contributed by atoms with Crippen LogP contribution in [0.3, 0.4) is 0 Å². The number of carbonyl (C=O) groups is 1. The summed E-state index contributed by atoms with van der Waals surface area (Å²) >= 11 is 11.3. The van der Waals surface area contributed by atoms with Crippen molar-refractivity contribution in [2.24, 2.45) is 0 Å². The first-order chi connectivity index (χ1) is 8.95. The van der Waals surface area contributed by atoms with Crippen LogP contribution in [0.1, 0.15) is 10.4 Å². The lowest BCUT2D eigenvalue weighted by molar-refractivity contribution is 0.0697. The Kier molecular flexibility index (Phi) is 3.87. The number of carboxylic acids is 1. The summed E-state index contributed by atoms with van der Waals surface area (Å²) in [5.74, 6) is -1.60. The average molecular weight is 301 g/mol. The Morgan fingerprint density at radius 3 is 2.63 bits per heavy atom. The van der Waals surface area contributed by atoms with E-state index >= 15 is 0 Å². The lowest BCUT2D eigenvalue weighted by Crippen LogP contribution is -2.01. The van der Waals surface area contributed by atoms with E-state index in [9.17, 15) is 9.18 Å². The number of anilines is 2. The minimum absolute atomic E-state index is 0.00299. The van der Waals surface area contributed by atoms with Crippen molar-refractivity contribution in [1.82, 2.24) is 4.98 Å². The molecule has 1 aromatic carbocycles. The molecule has 19 heavy (non-hydrogen) atoms. The Hall–Kier alpha value is -1.85. The van der Waals surface area contributed by atoms with Crippen molar-refractivity contribution >= 4 is 40.7 Å². The van der Waals surface area contributed by atoms with Crippen LogP contribution in [0.4, 0.5) is 15.9 Å². The first-order valence-corrected chi connectivity index (χ1v) is 5.84. The Labute approximate surface area is 117 Å². The topological polar surface area (TPSA) is 62.2 Å². The van der Waals surface area contributed by atoms with Crippen LogP contribution in [-0.4, -0.2) is 16.1 Å². The number of benzene rings is 1. The van der Waals surface area contributed by atoms with E-state index in [0.29, 0.717) is 0 Å². The van der Waals surface area contributed by atoms with Crippen molar-refractivity contribution in [1.29, 1.82) is 0 Å². The van der Waals surface area contributed by atoms with E-state index in [-0.39, 0.29) is 27.2 Å². The summed E-state index contributed by atoms with van der Waals surface area (Å²) in [6, 6.07) is 6.50. The quantitative estimate of drug-likeness (QED) is 0.842. The third-order valence-corrected chi connectivity index (χ3v) is 2.66. The van der Waals surface area contributed by atoms with Gasteiger partial charge in [0.2, 0.25) is 0 Å². The molecule has 0 spiro atoms. The van der Waals surface area contributed by atoms with Gasteiger partial charge in [0, 0.05) is 5.02 Å². The molecule has 98 valence electrons. The molecule has 0 atom stereocenters. The SMILES string of the molecule is O=C(O)c1cc(Cl)nc(Nc2ccc(Cl)cc2F)c1. The lowest BCUT2D eigenvalue weighted by atomic mass is 10.2. The number of carboxylic acid groups (broad SMARTS) is 1. The Morgan fingerprint density at radius 2 is 2.00 bits per heavy atom. The highest BCUT2D eigenvalue weighted by Crippen LogP contribution is 2.23. The van der Waals surface area contributed by atoms with Crippen LogP contribution in [0, 0.1) is 5.82 Å². The van der Waals surface area contributed by atoms with Crippen LogP contribution >= 0.6 is 23.2 Å². The second kappa shape index (κ2) is 5.42. The average Bonchev–Trinajstić information content (AvgIpc) is 2.32. The normalized spacial score (nSPS) is 10.3. The number of rotatable bonds is 3. The van der Waals surface area contributed by atoms with Gasteiger partial charge < -0.3 is 10.4 Å². The fourth-order valence-electron chi connectivity index (χ4n) is 1.41. The van der Waals surface area contributed by atoms with E-state index < -0.39 is 11.8 Å². The van der Waals surface area contributed by atoms with Crippen LogP contribution in [-0.2, 0) is 0 Å². The highest BCUT2D eigenvalue weighted by atomic mass is 35.5. The van der Waals surface area contributed by atoms with Crippen molar-refractivity contribution in [3.8, 4) is 0 Å². The second-order valence-electron chi connectivity index (χ2n) is 3.62. The number of hydrogen-bond donors (Lipinski definition) is 2. The second-order valence-corrected chi connectivity index (χ2v) is 4.44. The van der Waals surface area contributed by atoms with Gasteiger partial charge in [-0.15, -0.1) is 0 Å². The van der Waals surface area contributed by atoms with Crippen LogP contribution in [0.25, 0.3) is 0 Å². The predicted octanol–water partition coefficient (Wildman–Crippen LogP) is 3.97. The van der Waals surface area contributed by atoms with Crippen LogP contribution in [0.5, 0.6) is 0 Å². The van der Waals surface area contributed by atoms with Gasteiger partial charge in [-0.1, -0.05) is 23.2 Å². The highest BCUT2D eigenvalue weighted by molar-refractivity contribution is 6.30. The van der Waals surface area contributed by atoms with Gasteiger partial charge in [0.1, 0.15) is 16.8 Å². The molecule has 4 nitrogen and oxygen atoms in total. The molecule has 0 saturated heterocycles. The maximum atomic E-state index is 13.6. The monoisotopic (exact) mass is 300 g/mol. The first-order valence-electron chi connectivity index (χ1n) is 5.08. The number of aromatic nitrogens is 1. The van der Waals surface area contributed by atoms with Crippen molar-refractivity contribution in [2.45, 2.75) is 0 Å². The van der Waals surface area contributed by atoms with E-state index in [0.717, 1.165) is 6.07 Å². The molecule has 2 rings (SSSR count). The summed E-state index contributed by atoms with van der Waals surface area (Å²) < 4.78 is 13.6.